The van der Waals surface area contributed by atoms with Gasteiger partial charge in [0, 0.05) is 30.8 Å². The Labute approximate surface area is 242 Å². The third-order valence-electron chi connectivity index (χ3n) is 5.83. The third-order valence-corrected chi connectivity index (χ3v) is 6.08. The number of aromatic nitrogens is 7. The van der Waals surface area contributed by atoms with Crippen LogP contribution >= 0.6 is 24.0 Å². The van der Waals surface area contributed by atoms with Crippen LogP contribution in [0.25, 0.3) is 17.1 Å². The minimum atomic E-state index is -4.96. The molecule has 0 aliphatic heterocycles. The van der Waals surface area contributed by atoms with Crippen LogP contribution < -0.4 is 16.3 Å². The monoisotopic (exact) mass is 615 g/mol. The fourth-order valence-electron chi connectivity index (χ4n) is 3.96. The van der Waals surface area contributed by atoms with Gasteiger partial charge in [-0.2, -0.15) is 13.2 Å². The zero-order valence-electron chi connectivity index (χ0n) is 21.9. The number of nitrogens with zero attached hydrogens (tertiary/aromatic N) is 7. The van der Waals surface area contributed by atoms with Crippen LogP contribution in [0, 0.1) is 0 Å². The number of rotatable bonds is 9. The average molecular weight is 616 g/mol. The molecule has 3 N–H and O–H groups in total. The molecule has 12 nitrogen and oxygen atoms in total. The number of halogens is 5. The van der Waals surface area contributed by atoms with E-state index in [0.717, 1.165) is 9.25 Å². The summed E-state index contributed by atoms with van der Waals surface area (Å²) in [5.74, 6) is -0.0214. The van der Waals surface area contributed by atoms with Crippen molar-refractivity contribution in [3.63, 3.8) is 0 Å². The summed E-state index contributed by atoms with van der Waals surface area (Å²) in [5.41, 5.74) is 0.541. The van der Waals surface area contributed by atoms with Gasteiger partial charge in [0.1, 0.15) is 12.2 Å². The smallest absolute Gasteiger partial charge is 0.386 e. The maximum Gasteiger partial charge on any atom is 0.416 e. The Bertz CT molecular complexity index is 1570. The largest absolute Gasteiger partial charge is 0.416 e. The second kappa shape index (κ2) is 12.7. The SMILES string of the molecule is CNc1ccncc1-n1nc(Cn2nc(-c3ccc(Cl)cc3)n(C[C@H](O)C(F)(F)F)c2=O)nc1C(C)NC(C)=O.Cl. The number of amides is 1. The van der Waals surface area contributed by atoms with Crippen LogP contribution in [0.15, 0.2) is 47.5 Å². The van der Waals surface area contributed by atoms with E-state index in [-0.39, 0.29) is 36.5 Å². The lowest BCUT2D eigenvalue weighted by Crippen LogP contribution is -2.37. The number of carbonyl (C=O) groups excluding carboxylic acids is 1. The normalized spacial score (nSPS) is 12.9. The Morgan fingerprint density at radius 3 is 2.46 bits per heavy atom. The number of carbonyl (C=O) groups is 1. The van der Waals surface area contributed by atoms with Crippen LogP contribution in [0.3, 0.4) is 0 Å². The van der Waals surface area contributed by atoms with E-state index in [0.29, 0.717) is 27.8 Å². The molecule has 2 atom stereocenters. The lowest BCUT2D eigenvalue weighted by molar-refractivity contribution is -0.207. The van der Waals surface area contributed by atoms with Crippen molar-refractivity contribution in [3.8, 4) is 17.1 Å². The molecule has 1 amide bonds. The van der Waals surface area contributed by atoms with Crippen molar-refractivity contribution in [2.45, 2.75) is 45.3 Å². The van der Waals surface area contributed by atoms with Crippen LogP contribution in [0.4, 0.5) is 18.9 Å². The summed E-state index contributed by atoms with van der Waals surface area (Å²) in [6, 6.07) is 7.08. The predicted octanol–water partition coefficient (Wildman–Crippen LogP) is 2.97. The van der Waals surface area contributed by atoms with Crippen LogP contribution in [-0.2, 0) is 17.9 Å². The molecule has 0 radical (unpaired) electrons. The topological polar surface area (TPSA) is 145 Å². The molecular formula is C24H26Cl2F3N9O3. The number of aliphatic hydroxyl groups is 1. The molecule has 0 aliphatic rings. The summed E-state index contributed by atoms with van der Waals surface area (Å²) in [5, 5.41) is 24.6. The highest BCUT2D eigenvalue weighted by molar-refractivity contribution is 6.30. The first-order valence-corrected chi connectivity index (χ1v) is 12.3. The fraction of sp³-hybridized carbons (Fsp3) is 0.333. The van der Waals surface area contributed by atoms with Gasteiger partial charge in [0.15, 0.2) is 23.6 Å². The highest BCUT2D eigenvalue weighted by atomic mass is 35.5. The van der Waals surface area contributed by atoms with Crippen molar-refractivity contribution in [2.75, 3.05) is 12.4 Å². The summed E-state index contributed by atoms with van der Waals surface area (Å²) in [6.45, 7) is 1.64. The van der Waals surface area contributed by atoms with Gasteiger partial charge in [-0.1, -0.05) is 11.6 Å². The first kappa shape index (κ1) is 31.6. The molecule has 4 rings (SSSR count). The molecule has 41 heavy (non-hydrogen) atoms. The summed E-state index contributed by atoms with van der Waals surface area (Å²) < 4.78 is 42.6. The maximum absolute atomic E-state index is 13.3. The van der Waals surface area contributed by atoms with Crippen LogP contribution in [0.2, 0.25) is 5.02 Å². The lowest BCUT2D eigenvalue weighted by atomic mass is 10.2. The second-order valence-corrected chi connectivity index (χ2v) is 9.24. The number of nitrogens with one attached hydrogen (secondary N) is 2. The highest BCUT2D eigenvalue weighted by Gasteiger charge is 2.39. The molecule has 1 unspecified atom stereocenters. The minimum absolute atomic E-state index is 0. The molecule has 0 fully saturated rings. The summed E-state index contributed by atoms with van der Waals surface area (Å²) in [6.07, 6.45) is -4.65. The zero-order valence-corrected chi connectivity index (χ0v) is 23.5. The van der Waals surface area contributed by atoms with Crippen molar-refractivity contribution in [1.29, 1.82) is 0 Å². The number of anilines is 1. The van der Waals surface area contributed by atoms with Crippen LogP contribution in [0.5, 0.6) is 0 Å². The van der Waals surface area contributed by atoms with E-state index in [2.05, 4.69) is 30.8 Å². The maximum atomic E-state index is 13.3. The second-order valence-electron chi connectivity index (χ2n) is 8.80. The minimum Gasteiger partial charge on any atom is -0.386 e. The summed E-state index contributed by atoms with van der Waals surface area (Å²) in [7, 11) is 1.70. The number of alkyl halides is 3. The fourth-order valence-corrected chi connectivity index (χ4v) is 4.09. The van der Waals surface area contributed by atoms with E-state index >= 15 is 0 Å². The molecule has 0 aliphatic carbocycles. The molecule has 220 valence electrons. The quantitative estimate of drug-likeness (QED) is 0.261. The molecule has 0 saturated heterocycles. The van der Waals surface area contributed by atoms with E-state index in [4.69, 9.17) is 11.6 Å². The van der Waals surface area contributed by atoms with Gasteiger partial charge in [-0.05, 0) is 37.3 Å². The molecule has 4 aromatic rings. The third kappa shape index (κ3) is 7.04. The van der Waals surface area contributed by atoms with Gasteiger partial charge in [-0.3, -0.25) is 14.3 Å². The number of aliphatic hydroxyl groups excluding tert-OH is 1. The highest BCUT2D eigenvalue weighted by Crippen LogP contribution is 2.25. The van der Waals surface area contributed by atoms with Crippen molar-refractivity contribution >= 4 is 35.6 Å². The van der Waals surface area contributed by atoms with Crippen molar-refractivity contribution in [1.82, 2.24) is 39.4 Å². The average Bonchev–Trinajstić information content (AvgIpc) is 3.45. The Kier molecular flexibility index (Phi) is 9.78. The van der Waals surface area contributed by atoms with E-state index < -0.39 is 30.6 Å². The molecule has 17 heteroatoms. The van der Waals surface area contributed by atoms with E-state index in [1.165, 1.54) is 42.1 Å². The molecular weight excluding hydrogens is 590 g/mol. The molecule has 1 aromatic carbocycles. The van der Waals surface area contributed by atoms with Crippen LogP contribution in [-0.4, -0.2) is 64.4 Å². The van der Waals surface area contributed by atoms with Gasteiger partial charge < -0.3 is 15.7 Å². The molecule has 3 heterocycles. The summed E-state index contributed by atoms with van der Waals surface area (Å²) in [4.78, 5) is 33.6. The Morgan fingerprint density at radius 1 is 1.17 bits per heavy atom. The first-order chi connectivity index (χ1) is 18.9. The standard InChI is InChI=1S/C24H25ClF3N9O3.ClH/c1-13(31-14(2)38)21-32-20(33-37(21)18-10-30-9-8-17(18)29-3)12-36-23(40)35(11-19(39)24(26,27)28)22(34-36)15-4-6-16(25)7-5-15;/h4-10,13,19,39H,11-12H2,1-3H3,(H,29,30)(H,31,38);1H/t13?,19-;/m0./s1. The number of pyridine rings is 1. The van der Waals surface area contributed by atoms with Crippen molar-refractivity contribution in [2.24, 2.45) is 0 Å². The molecule has 0 spiro atoms. The predicted molar refractivity (Wildman–Crippen MR) is 146 cm³/mol. The van der Waals surface area contributed by atoms with Crippen molar-refractivity contribution < 1.29 is 23.1 Å². The number of benzene rings is 1. The van der Waals surface area contributed by atoms with Gasteiger partial charge in [0.25, 0.3) is 0 Å². The Balaban J connectivity index is 0.00000462. The van der Waals surface area contributed by atoms with Gasteiger partial charge in [0.2, 0.25) is 5.91 Å². The molecule has 3 aromatic heterocycles. The van der Waals surface area contributed by atoms with Gasteiger partial charge in [-0.15, -0.1) is 22.6 Å². The number of hydrogen-bond donors (Lipinski definition) is 3. The van der Waals surface area contributed by atoms with Crippen LogP contribution in [0.1, 0.15) is 31.5 Å². The zero-order chi connectivity index (χ0) is 29.2. The number of hydrogen-bond acceptors (Lipinski definition) is 8. The van der Waals surface area contributed by atoms with Gasteiger partial charge >= 0.3 is 11.9 Å². The van der Waals surface area contributed by atoms with Crippen molar-refractivity contribution in [3.05, 3.63) is 69.9 Å². The van der Waals surface area contributed by atoms with Gasteiger partial charge in [0.05, 0.1) is 24.5 Å². The molecule has 0 bridgehead atoms. The lowest BCUT2D eigenvalue weighted by Gasteiger charge is -2.15. The first-order valence-electron chi connectivity index (χ1n) is 11.9. The Morgan fingerprint density at radius 2 is 1.85 bits per heavy atom. The van der Waals surface area contributed by atoms with E-state index in [1.54, 1.807) is 26.2 Å². The molecule has 0 saturated carbocycles. The van der Waals surface area contributed by atoms with E-state index in [9.17, 15) is 27.9 Å². The van der Waals surface area contributed by atoms with Gasteiger partial charge in [-0.25, -0.2) is 19.1 Å². The van der Waals surface area contributed by atoms with E-state index in [1.807, 2.05) is 0 Å². The Hall–Kier alpha value is -3.95. The summed E-state index contributed by atoms with van der Waals surface area (Å²) >= 11 is 5.94.